The first-order chi connectivity index (χ1) is 8.69. The van der Waals surface area contributed by atoms with Crippen molar-refractivity contribution >= 4 is 11.6 Å². The van der Waals surface area contributed by atoms with Gasteiger partial charge in [0.25, 0.3) is 0 Å². The van der Waals surface area contributed by atoms with Crippen molar-refractivity contribution < 1.29 is 4.74 Å². The highest BCUT2D eigenvalue weighted by atomic mass is 16.5. The molecule has 2 aromatic rings. The average Bonchev–Trinajstić information content (AvgIpc) is 2.40. The van der Waals surface area contributed by atoms with E-state index in [1.807, 2.05) is 61.5 Å². The molecule has 1 aliphatic heterocycles. The smallest absolute Gasteiger partial charge is 0.217 e. The third-order valence-corrected chi connectivity index (χ3v) is 3.18. The summed E-state index contributed by atoms with van der Waals surface area (Å²) < 4.78 is 5.76. The van der Waals surface area contributed by atoms with Crippen molar-refractivity contribution in [1.29, 1.82) is 5.41 Å². The number of para-hydroxylation sites is 1. The van der Waals surface area contributed by atoms with Crippen LogP contribution < -0.4 is 5.32 Å². The number of anilines is 1. The summed E-state index contributed by atoms with van der Waals surface area (Å²) in [4.78, 5) is 0. The predicted octanol–water partition coefficient (Wildman–Crippen LogP) is 3.33. The van der Waals surface area contributed by atoms with Crippen LogP contribution in [0, 0.1) is 5.41 Å². The van der Waals surface area contributed by atoms with Gasteiger partial charge in [-0.15, -0.1) is 0 Å². The summed E-state index contributed by atoms with van der Waals surface area (Å²) in [6.07, 6.45) is 0. The Labute approximate surface area is 106 Å². The molecule has 0 spiro atoms. The SMILES string of the molecule is CC1(c2ccccc2)Nc2ccccc2C(=N)O1. The minimum absolute atomic E-state index is 0.204. The minimum Gasteiger partial charge on any atom is -0.447 e. The molecule has 3 nitrogen and oxygen atoms in total. The number of nitrogens with one attached hydrogen (secondary N) is 2. The molecule has 1 atom stereocenters. The molecule has 90 valence electrons. The van der Waals surface area contributed by atoms with Crippen LogP contribution in [0.5, 0.6) is 0 Å². The van der Waals surface area contributed by atoms with Crippen LogP contribution in [-0.4, -0.2) is 5.90 Å². The Kier molecular flexibility index (Phi) is 2.33. The van der Waals surface area contributed by atoms with Crippen molar-refractivity contribution in [3.05, 3.63) is 65.7 Å². The molecule has 0 aromatic heterocycles. The molecule has 2 N–H and O–H groups in total. The predicted molar refractivity (Wildman–Crippen MR) is 71.8 cm³/mol. The van der Waals surface area contributed by atoms with Crippen LogP contribution in [0.3, 0.4) is 0 Å². The Bertz CT molecular complexity index is 594. The van der Waals surface area contributed by atoms with Gasteiger partial charge in [0.05, 0.1) is 11.3 Å². The van der Waals surface area contributed by atoms with Gasteiger partial charge in [-0.25, -0.2) is 0 Å². The summed E-state index contributed by atoms with van der Waals surface area (Å²) in [5.41, 5.74) is 2.04. The van der Waals surface area contributed by atoms with Crippen molar-refractivity contribution in [1.82, 2.24) is 0 Å². The van der Waals surface area contributed by atoms with Crippen molar-refractivity contribution in [3.63, 3.8) is 0 Å². The van der Waals surface area contributed by atoms with E-state index in [9.17, 15) is 0 Å². The van der Waals surface area contributed by atoms with Gasteiger partial charge in [0.15, 0.2) is 0 Å². The van der Waals surface area contributed by atoms with Gasteiger partial charge in [0, 0.05) is 5.56 Å². The van der Waals surface area contributed by atoms with Crippen LogP contribution in [0.1, 0.15) is 18.1 Å². The fourth-order valence-electron chi connectivity index (χ4n) is 2.22. The molecule has 0 fully saturated rings. The first-order valence-corrected chi connectivity index (χ1v) is 5.90. The Hall–Kier alpha value is -2.29. The summed E-state index contributed by atoms with van der Waals surface area (Å²) in [5, 5.41) is 11.4. The van der Waals surface area contributed by atoms with E-state index in [0.717, 1.165) is 16.8 Å². The molecule has 0 saturated carbocycles. The lowest BCUT2D eigenvalue weighted by molar-refractivity contribution is 0.0987. The van der Waals surface area contributed by atoms with Crippen molar-refractivity contribution in [3.8, 4) is 0 Å². The zero-order chi connectivity index (χ0) is 12.6. The third kappa shape index (κ3) is 1.64. The molecule has 3 rings (SSSR count). The number of rotatable bonds is 1. The van der Waals surface area contributed by atoms with E-state index in [1.165, 1.54) is 0 Å². The number of ether oxygens (including phenoxy) is 1. The average molecular weight is 238 g/mol. The first-order valence-electron chi connectivity index (χ1n) is 5.90. The monoisotopic (exact) mass is 238 g/mol. The standard InChI is InChI=1S/C15H14N2O/c1-15(11-7-3-2-4-8-11)17-13-10-6-5-9-12(13)14(16)18-15/h2-10,16-17H,1H3. The number of hydrogen-bond acceptors (Lipinski definition) is 3. The Morgan fingerprint density at radius 1 is 1.00 bits per heavy atom. The van der Waals surface area contributed by atoms with Gasteiger partial charge in [-0.3, -0.25) is 5.41 Å². The van der Waals surface area contributed by atoms with E-state index in [0.29, 0.717) is 0 Å². The highest BCUT2D eigenvalue weighted by Gasteiger charge is 2.35. The molecule has 1 aliphatic rings. The van der Waals surface area contributed by atoms with Crippen LogP contribution in [0.4, 0.5) is 5.69 Å². The van der Waals surface area contributed by atoms with E-state index in [2.05, 4.69) is 5.32 Å². The maximum atomic E-state index is 8.01. The highest BCUT2D eigenvalue weighted by molar-refractivity contribution is 5.99. The Morgan fingerprint density at radius 3 is 2.44 bits per heavy atom. The molecule has 3 heteroatoms. The first kappa shape index (κ1) is 10.8. The van der Waals surface area contributed by atoms with Gasteiger partial charge < -0.3 is 10.1 Å². The van der Waals surface area contributed by atoms with Crippen LogP contribution >= 0.6 is 0 Å². The lowest BCUT2D eigenvalue weighted by atomic mass is 10.0. The number of fused-ring (bicyclic) bond motifs is 1. The summed E-state index contributed by atoms with van der Waals surface area (Å²) in [5.74, 6) is 0.204. The second kappa shape index (κ2) is 3.88. The van der Waals surface area contributed by atoms with Crippen LogP contribution in [-0.2, 0) is 10.5 Å². The lowest BCUT2D eigenvalue weighted by Crippen LogP contribution is -2.41. The topological polar surface area (TPSA) is 45.1 Å². The van der Waals surface area contributed by atoms with Crippen molar-refractivity contribution in [2.24, 2.45) is 0 Å². The quantitative estimate of drug-likeness (QED) is 0.800. The van der Waals surface area contributed by atoms with Gasteiger partial charge in [0.1, 0.15) is 0 Å². The largest absolute Gasteiger partial charge is 0.447 e. The van der Waals surface area contributed by atoms with E-state index in [-0.39, 0.29) is 5.90 Å². The molecular weight excluding hydrogens is 224 g/mol. The molecule has 1 heterocycles. The maximum absolute atomic E-state index is 8.01. The second-order valence-corrected chi connectivity index (χ2v) is 4.50. The molecule has 0 saturated heterocycles. The Balaban J connectivity index is 2.06. The normalized spacial score (nSPS) is 21.7. The van der Waals surface area contributed by atoms with E-state index >= 15 is 0 Å². The number of benzene rings is 2. The molecule has 18 heavy (non-hydrogen) atoms. The van der Waals surface area contributed by atoms with E-state index in [1.54, 1.807) is 0 Å². The molecule has 0 radical (unpaired) electrons. The second-order valence-electron chi connectivity index (χ2n) is 4.50. The fourth-order valence-corrected chi connectivity index (χ4v) is 2.22. The highest BCUT2D eigenvalue weighted by Crippen LogP contribution is 2.34. The maximum Gasteiger partial charge on any atom is 0.217 e. The zero-order valence-corrected chi connectivity index (χ0v) is 10.1. The molecular formula is C15H14N2O. The van der Waals surface area contributed by atoms with Gasteiger partial charge in [-0.1, -0.05) is 42.5 Å². The van der Waals surface area contributed by atoms with Crippen molar-refractivity contribution in [2.45, 2.75) is 12.6 Å². The van der Waals surface area contributed by atoms with Gasteiger partial charge >= 0.3 is 0 Å². The third-order valence-electron chi connectivity index (χ3n) is 3.18. The summed E-state index contributed by atoms with van der Waals surface area (Å²) >= 11 is 0. The van der Waals surface area contributed by atoms with Gasteiger partial charge in [-0.05, 0) is 19.1 Å². The minimum atomic E-state index is -0.688. The summed E-state index contributed by atoms with van der Waals surface area (Å²) in [6, 6.07) is 17.6. The van der Waals surface area contributed by atoms with Crippen LogP contribution in [0.25, 0.3) is 0 Å². The van der Waals surface area contributed by atoms with Crippen molar-refractivity contribution in [2.75, 3.05) is 5.32 Å². The molecule has 2 aromatic carbocycles. The summed E-state index contributed by atoms with van der Waals surface area (Å²) in [7, 11) is 0. The number of hydrogen-bond donors (Lipinski definition) is 2. The van der Waals surface area contributed by atoms with E-state index in [4.69, 9.17) is 10.1 Å². The van der Waals surface area contributed by atoms with E-state index < -0.39 is 5.72 Å². The van der Waals surface area contributed by atoms with Crippen LogP contribution in [0.2, 0.25) is 0 Å². The molecule has 1 unspecified atom stereocenters. The van der Waals surface area contributed by atoms with Gasteiger partial charge in [-0.2, -0.15) is 0 Å². The lowest BCUT2D eigenvalue weighted by Gasteiger charge is -2.37. The van der Waals surface area contributed by atoms with Crippen LogP contribution in [0.15, 0.2) is 54.6 Å². The summed E-state index contributed by atoms with van der Waals surface area (Å²) in [6.45, 7) is 1.94. The van der Waals surface area contributed by atoms with Gasteiger partial charge in [0.2, 0.25) is 11.6 Å². The fraction of sp³-hybridized carbons (Fsp3) is 0.133. The molecule has 0 bridgehead atoms. The Morgan fingerprint density at radius 2 is 1.67 bits per heavy atom. The molecule has 0 amide bonds. The molecule has 0 aliphatic carbocycles. The zero-order valence-electron chi connectivity index (χ0n) is 10.1.